The molecular weight excluding hydrogens is 398 g/mol. The normalized spacial score (nSPS) is 11.7. The molecule has 0 spiro atoms. The smallest absolute Gasteiger partial charge is 0.321 e. The van der Waals surface area contributed by atoms with Gasteiger partial charge in [-0.25, -0.2) is 8.42 Å². The van der Waals surface area contributed by atoms with Crippen molar-refractivity contribution in [1.82, 2.24) is 4.31 Å². The minimum atomic E-state index is -3.86. The Labute approximate surface area is 167 Å². The molecule has 28 heavy (non-hydrogen) atoms. The molecule has 0 atom stereocenters. The van der Waals surface area contributed by atoms with Gasteiger partial charge in [0.2, 0.25) is 15.8 Å². The quantitative estimate of drug-likeness (QED) is 0.435. The number of sulfonamides is 1. The Balaban J connectivity index is 1.64. The van der Waals surface area contributed by atoms with Crippen molar-refractivity contribution < 1.29 is 22.7 Å². The van der Waals surface area contributed by atoms with Gasteiger partial charge < -0.3 is 4.74 Å². The summed E-state index contributed by atoms with van der Waals surface area (Å²) < 4.78 is 31.3. The van der Waals surface area contributed by atoms with Crippen molar-refractivity contribution in [2.75, 3.05) is 20.2 Å². The van der Waals surface area contributed by atoms with Crippen molar-refractivity contribution in [3.8, 4) is 0 Å². The third-order valence-corrected chi connectivity index (χ3v) is 7.00. The number of hydrogen-bond donors (Lipinski definition) is 0. The van der Waals surface area contributed by atoms with Crippen LogP contribution in [0.5, 0.6) is 0 Å². The van der Waals surface area contributed by atoms with Crippen LogP contribution in [0.25, 0.3) is 10.8 Å². The number of likely N-dealkylation sites (N-methyl/N-ethyl adjacent to an activating group) is 1. The molecule has 3 aromatic rings. The number of nitrogens with zero attached hydrogens (tertiary/aromatic N) is 1. The number of esters is 1. The van der Waals surface area contributed by atoms with Gasteiger partial charge in [0.25, 0.3) is 0 Å². The molecule has 1 aromatic heterocycles. The Hall–Kier alpha value is -2.55. The molecule has 0 N–H and O–H groups in total. The number of benzene rings is 2. The molecule has 146 valence electrons. The predicted molar refractivity (Wildman–Crippen MR) is 108 cm³/mol. The van der Waals surface area contributed by atoms with Crippen LogP contribution in [-0.2, 0) is 19.6 Å². The fraction of sp³-hybridized carbons (Fsp3) is 0.200. The molecule has 8 heteroatoms. The van der Waals surface area contributed by atoms with E-state index in [0.29, 0.717) is 4.88 Å². The van der Waals surface area contributed by atoms with Crippen molar-refractivity contribution in [3.63, 3.8) is 0 Å². The molecule has 0 radical (unpaired) electrons. The van der Waals surface area contributed by atoms with Gasteiger partial charge in [0, 0.05) is 11.9 Å². The first-order chi connectivity index (χ1) is 13.3. The molecule has 0 bridgehead atoms. The number of carbonyl (C=O) groups is 2. The van der Waals surface area contributed by atoms with Crippen LogP contribution in [0.4, 0.5) is 0 Å². The van der Waals surface area contributed by atoms with Gasteiger partial charge in [-0.05, 0) is 42.0 Å². The van der Waals surface area contributed by atoms with E-state index in [2.05, 4.69) is 0 Å². The second-order valence-electron chi connectivity index (χ2n) is 6.26. The molecule has 0 aliphatic carbocycles. The van der Waals surface area contributed by atoms with Crippen molar-refractivity contribution in [2.45, 2.75) is 11.8 Å². The molecule has 2 aromatic carbocycles. The van der Waals surface area contributed by atoms with E-state index in [1.54, 1.807) is 18.2 Å². The first-order valence-corrected chi connectivity index (χ1v) is 10.7. The third-order valence-electron chi connectivity index (χ3n) is 4.16. The molecule has 0 saturated carbocycles. The molecular formula is C20H19NO5S2. The van der Waals surface area contributed by atoms with E-state index < -0.39 is 29.1 Å². The van der Waals surface area contributed by atoms with Crippen LogP contribution in [0.3, 0.4) is 0 Å². The summed E-state index contributed by atoms with van der Waals surface area (Å²) in [6, 6.07) is 15.7. The van der Waals surface area contributed by atoms with E-state index in [0.717, 1.165) is 20.0 Å². The second kappa shape index (κ2) is 8.22. The lowest BCUT2D eigenvalue weighted by Crippen LogP contribution is -2.33. The summed E-state index contributed by atoms with van der Waals surface area (Å²) in [6.07, 6.45) is 0. The zero-order chi connectivity index (χ0) is 20.3. The Morgan fingerprint density at radius 3 is 2.43 bits per heavy atom. The number of fused-ring (bicyclic) bond motifs is 1. The van der Waals surface area contributed by atoms with Gasteiger partial charge in [-0.3, -0.25) is 9.59 Å². The van der Waals surface area contributed by atoms with Crippen LogP contribution in [-0.4, -0.2) is 44.7 Å². The van der Waals surface area contributed by atoms with Gasteiger partial charge in [0.1, 0.15) is 6.54 Å². The standard InChI is InChI=1S/C20H19NO5S2/c1-14-7-10-19(27-14)18(22)13-26-20(23)12-21(2)28(24,25)17-9-8-15-5-3-4-6-16(15)11-17/h3-11H,12-13H2,1-2H3. The van der Waals surface area contributed by atoms with E-state index in [4.69, 9.17) is 4.74 Å². The van der Waals surface area contributed by atoms with Crippen LogP contribution in [0.1, 0.15) is 14.5 Å². The van der Waals surface area contributed by atoms with E-state index in [1.807, 2.05) is 37.3 Å². The maximum atomic E-state index is 12.7. The van der Waals surface area contributed by atoms with Gasteiger partial charge in [0.15, 0.2) is 6.61 Å². The summed E-state index contributed by atoms with van der Waals surface area (Å²) >= 11 is 1.32. The van der Waals surface area contributed by atoms with Crippen molar-refractivity contribution in [1.29, 1.82) is 0 Å². The number of thiophene rings is 1. The van der Waals surface area contributed by atoms with Crippen LogP contribution in [0.15, 0.2) is 59.5 Å². The zero-order valence-corrected chi connectivity index (χ0v) is 17.0. The highest BCUT2D eigenvalue weighted by Crippen LogP contribution is 2.21. The summed E-state index contributed by atoms with van der Waals surface area (Å²) in [6.45, 7) is 0.981. The van der Waals surface area contributed by atoms with Gasteiger partial charge in [-0.2, -0.15) is 4.31 Å². The molecule has 0 aliphatic rings. The molecule has 0 aliphatic heterocycles. The lowest BCUT2D eigenvalue weighted by Gasteiger charge is -2.16. The summed E-state index contributed by atoms with van der Waals surface area (Å²) in [5.74, 6) is -1.10. The maximum absolute atomic E-state index is 12.7. The molecule has 0 fully saturated rings. The number of hydrogen-bond acceptors (Lipinski definition) is 6. The van der Waals surface area contributed by atoms with Crippen LogP contribution < -0.4 is 0 Å². The highest BCUT2D eigenvalue weighted by Gasteiger charge is 2.24. The van der Waals surface area contributed by atoms with E-state index in [9.17, 15) is 18.0 Å². The maximum Gasteiger partial charge on any atom is 0.321 e. The van der Waals surface area contributed by atoms with Gasteiger partial charge in [0.05, 0.1) is 9.77 Å². The number of Topliss-reactive ketones (excluding diaryl/α,β-unsaturated/α-hetero) is 1. The number of rotatable bonds is 7. The lowest BCUT2D eigenvalue weighted by atomic mass is 10.1. The largest absolute Gasteiger partial charge is 0.456 e. The molecule has 0 amide bonds. The summed E-state index contributed by atoms with van der Waals surface area (Å²) in [5, 5.41) is 1.71. The molecule has 0 saturated heterocycles. The van der Waals surface area contributed by atoms with Crippen LogP contribution in [0, 0.1) is 6.92 Å². The van der Waals surface area contributed by atoms with Crippen LogP contribution in [0.2, 0.25) is 0 Å². The highest BCUT2D eigenvalue weighted by atomic mass is 32.2. The number of ether oxygens (including phenoxy) is 1. The lowest BCUT2D eigenvalue weighted by molar-refractivity contribution is -0.142. The fourth-order valence-corrected chi connectivity index (χ4v) is 4.56. The van der Waals surface area contributed by atoms with Crippen molar-refractivity contribution >= 4 is 43.9 Å². The van der Waals surface area contributed by atoms with E-state index in [1.165, 1.54) is 24.5 Å². The minimum absolute atomic E-state index is 0.0895. The Morgan fingerprint density at radius 2 is 1.75 bits per heavy atom. The van der Waals surface area contributed by atoms with E-state index >= 15 is 0 Å². The number of aryl methyl sites for hydroxylation is 1. The Morgan fingerprint density at radius 1 is 1.04 bits per heavy atom. The van der Waals surface area contributed by atoms with Crippen LogP contribution >= 0.6 is 11.3 Å². The monoisotopic (exact) mass is 417 g/mol. The summed E-state index contributed by atoms with van der Waals surface area (Å²) in [7, 11) is -2.56. The average molecular weight is 418 g/mol. The number of carbonyl (C=O) groups excluding carboxylic acids is 2. The Kier molecular flexibility index (Phi) is 5.93. The third kappa shape index (κ3) is 4.46. The van der Waals surface area contributed by atoms with Gasteiger partial charge in [-0.1, -0.05) is 30.3 Å². The second-order valence-corrected chi connectivity index (χ2v) is 9.60. The SMILES string of the molecule is Cc1ccc(C(=O)COC(=O)CN(C)S(=O)(=O)c2ccc3ccccc3c2)s1. The Bertz CT molecular complexity index is 1130. The van der Waals surface area contributed by atoms with Crippen molar-refractivity contribution in [2.24, 2.45) is 0 Å². The average Bonchev–Trinajstić information content (AvgIpc) is 3.12. The topological polar surface area (TPSA) is 80.8 Å². The molecule has 6 nitrogen and oxygen atoms in total. The first-order valence-electron chi connectivity index (χ1n) is 8.48. The van der Waals surface area contributed by atoms with Crippen molar-refractivity contribution in [3.05, 3.63) is 64.4 Å². The summed E-state index contributed by atoms with van der Waals surface area (Å²) in [5.41, 5.74) is 0. The summed E-state index contributed by atoms with van der Waals surface area (Å²) in [4.78, 5) is 25.6. The predicted octanol–water partition coefficient (Wildman–Crippen LogP) is 3.26. The minimum Gasteiger partial charge on any atom is -0.456 e. The van der Waals surface area contributed by atoms with Gasteiger partial charge >= 0.3 is 5.97 Å². The molecule has 1 heterocycles. The first kappa shape index (κ1) is 20.2. The molecule has 3 rings (SSSR count). The highest BCUT2D eigenvalue weighted by molar-refractivity contribution is 7.89. The fourth-order valence-electron chi connectivity index (χ4n) is 2.62. The number of ketones is 1. The zero-order valence-electron chi connectivity index (χ0n) is 15.4. The van der Waals surface area contributed by atoms with E-state index in [-0.39, 0.29) is 10.7 Å². The van der Waals surface area contributed by atoms with Gasteiger partial charge in [-0.15, -0.1) is 11.3 Å². The molecule has 0 unspecified atom stereocenters.